The predicted octanol–water partition coefficient (Wildman–Crippen LogP) is 3.12. The smallest absolute Gasteiger partial charge is 0.128 e. The summed E-state index contributed by atoms with van der Waals surface area (Å²) in [5.74, 6) is 1.13. The zero-order chi connectivity index (χ0) is 8.39. The van der Waals surface area contributed by atoms with Gasteiger partial charge >= 0.3 is 0 Å². The molecule has 1 aliphatic heterocycles. The number of allylic oxidation sites excluding steroid dienone is 4. The molecule has 63 valence electrons. The van der Waals surface area contributed by atoms with Gasteiger partial charge in [0.05, 0.1) is 6.26 Å². The fourth-order valence-electron chi connectivity index (χ4n) is 1.77. The second kappa shape index (κ2) is 3.18. The Balaban J connectivity index is 2.23. The predicted molar refractivity (Wildman–Crippen MR) is 49.2 cm³/mol. The first-order valence-corrected chi connectivity index (χ1v) is 4.46. The lowest BCUT2D eigenvalue weighted by molar-refractivity contribution is 0.354. The minimum atomic E-state index is 0.971. The fraction of sp³-hybridized carbons (Fsp3) is 0.364. The van der Waals surface area contributed by atoms with E-state index in [2.05, 4.69) is 13.0 Å². The summed E-state index contributed by atoms with van der Waals surface area (Å²) in [6, 6.07) is 0. The number of hydrogen-bond donors (Lipinski definition) is 0. The van der Waals surface area contributed by atoms with E-state index >= 15 is 0 Å². The first-order chi connectivity index (χ1) is 5.92. The number of ether oxygens (including phenoxy) is 1. The summed E-state index contributed by atoms with van der Waals surface area (Å²) in [5.41, 5.74) is 2.81. The van der Waals surface area contributed by atoms with Crippen molar-refractivity contribution in [1.82, 2.24) is 0 Å². The Bertz CT molecular complexity index is 269. The van der Waals surface area contributed by atoms with Crippen LogP contribution in [0.25, 0.3) is 0 Å². The van der Waals surface area contributed by atoms with Crippen molar-refractivity contribution in [3.05, 3.63) is 42.2 Å². The van der Waals surface area contributed by atoms with Gasteiger partial charge in [-0.25, -0.2) is 0 Å². The largest absolute Gasteiger partial charge is 0.465 e. The molecule has 0 N–H and O–H groups in total. The summed E-state index contributed by atoms with van der Waals surface area (Å²) in [6.07, 6.45) is 10.2. The molecule has 0 bridgehead atoms. The summed E-state index contributed by atoms with van der Waals surface area (Å²) in [7, 11) is 0. The Hall–Kier alpha value is -0.980. The molecule has 2 aliphatic rings. The molecule has 0 spiro atoms. The van der Waals surface area contributed by atoms with Crippen LogP contribution < -0.4 is 0 Å². The van der Waals surface area contributed by atoms with Gasteiger partial charge in [0.25, 0.3) is 0 Å². The van der Waals surface area contributed by atoms with E-state index in [1.54, 1.807) is 6.26 Å². The third-order valence-electron chi connectivity index (χ3n) is 2.35. The molecule has 0 aromatic carbocycles. The van der Waals surface area contributed by atoms with Gasteiger partial charge in [0.15, 0.2) is 0 Å². The van der Waals surface area contributed by atoms with Gasteiger partial charge in [0, 0.05) is 0 Å². The first kappa shape index (κ1) is 7.66. The highest BCUT2D eigenvalue weighted by molar-refractivity contribution is 5.41. The van der Waals surface area contributed by atoms with Crippen molar-refractivity contribution in [2.75, 3.05) is 0 Å². The van der Waals surface area contributed by atoms with E-state index < -0.39 is 0 Å². The zero-order valence-corrected chi connectivity index (χ0v) is 7.18. The average molecular weight is 161 g/mol. The van der Waals surface area contributed by atoms with Crippen LogP contribution in [0.15, 0.2) is 35.3 Å². The molecular weight excluding hydrogens is 148 g/mol. The molecule has 1 nitrogen and oxygen atoms in total. The Morgan fingerprint density at radius 1 is 1.42 bits per heavy atom. The Labute approximate surface area is 73.4 Å². The lowest BCUT2D eigenvalue weighted by Gasteiger charge is -2.09. The van der Waals surface area contributed by atoms with Crippen molar-refractivity contribution in [2.24, 2.45) is 0 Å². The highest BCUT2D eigenvalue weighted by Gasteiger charge is 2.20. The standard InChI is InChI=1S/C11H13O/c1-2-4-9-6-7-10-5-3-8-12-11(9)10/h3,5,8H,1-2,4,6-7H2. The molecule has 0 saturated heterocycles. The van der Waals surface area contributed by atoms with Crippen molar-refractivity contribution in [2.45, 2.75) is 25.7 Å². The summed E-state index contributed by atoms with van der Waals surface area (Å²) in [5, 5.41) is 0. The minimum Gasteiger partial charge on any atom is -0.465 e. The molecule has 0 atom stereocenters. The molecule has 2 rings (SSSR count). The van der Waals surface area contributed by atoms with Crippen LogP contribution in [0.4, 0.5) is 0 Å². The van der Waals surface area contributed by atoms with E-state index in [1.165, 1.54) is 17.6 Å². The van der Waals surface area contributed by atoms with Crippen LogP contribution in [0, 0.1) is 6.92 Å². The molecule has 1 aliphatic carbocycles. The van der Waals surface area contributed by atoms with Crippen LogP contribution in [-0.2, 0) is 4.74 Å². The van der Waals surface area contributed by atoms with Crippen LogP contribution >= 0.6 is 0 Å². The van der Waals surface area contributed by atoms with E-state index in [0.29, 0.717) is 0 Å². The highest BCUT2D eigenvalue weighted by atomic mass is 16.5. The Morgan fingerprint density at radius 3 is 3.17 bits per heavy atom. The molecule has 1 heteroatoms. The molecule has 0 fully saturated rings. The van der Waals surface area contributed by atoms with Crippen molar-refractivity contribution >= 4 is 0 Å². The van der Waals surface area contributed by atoms with E-state index in [1.807, 2.05) is 6.08 Å². The van der Waals surface area contributed by atoms with Gasteiger partial charge in [-0.05, 0) is 42.9 Å². The molecule has 0 unspecified atom stereocenters. The maximum atomic E-state index is 5.47. The molecule has 12 heavy (non-hydrogen) atoms. The van der Waals surface area contributed by atoms with Crippen molar-refractivity contribution in [1.29, 1.82) is 0 Å². The van der Waals surface area contributed by atoms with Gasteiger partial charge < -0.3 is 4.74 Å². The second-order valence-corrected chi connectivity index (χ2v) is 3.17. The first-order valence-electron chi connectivity index (χ1n) is 4.46. The summed E-state index contributed by atoms with van der Waals surface area (Å²) >= 11 is 0. The van der Waals surface area contributed by atoms with Crippen molar-refractivity contribution < 1.29 is 4.74 Å². The lowest BCUT2D eigenvalue weighted by Crippen LogP contribution is -1.92. The Kier molecular flexibility index (Phi) is 2.03. The summed E-state index contributed by atoms with van der Waals surface area (Å²) in [4.78, 5) is 0. The van der Waals surface area contributed by atoms with E-state index in [4.69, 9.17) is 4.74 Å². The third kappa shape index (κ3) is 1.20. The molecule has 1 radical (unpaired) electrons. The Morgan fingerprint density at radius 2 is 2.33 bits per heavy atom. The van der Waals surface area contributed by atoms with Gasteiger partial charge in [-0.1, -0.05) is 13.0 Å². The van der Waals surface area contributed by atoms with Gasteiger partial charge in [-0.2, -0.15) is 0 Å². The quantitative estimate of drug-likeness (QED) is 0.604. The maximum absolute atomic E-state index is 5.47. The van der Waals surface area contributed by atoms with E-state index in [-0.39, 0.29) is 0 Å². The average Bonchev–Trinajstić information content (AvgIpc) is 2.50. The van der Waals surface area contributed by atoms with Crippen LogP contribution in [-0.4, -0.2) is 0 Å². The van der Waals surface area contributed by atoms with Crippen molar-refractivity contribution in [3.8, 4) is 0 Å². The minimum absolute atomic E-state index is 0.971. The molecule has 0 aromatic heterocycles. The number of fused-ring (bicyclic) bond motifs is 1. The van der Waals surface area contributed by atoms with E-state index in [9.17, 15) is 0 Å². The third-order valence-corrected chi connectivity index (χ3v) is 2.35. The highest BCUT2D eigenvalue weighted by Crippen LogP contribution is 2.36. The van der Waals surface area contributed by atoms with Crippen LogP contribution in [0.2, 0.25) is 0 Å². The van der Waals surface area contributed by atoms with Gasteiger partial charge in [0.1, 0.15) is 5.76 Å². The van der Waals surface area contributed by atoms with Crippen LogP contribution in [0.3, 0.4) is 0 Å². The monoisotopic (exact) mass is 161 g/mol. The molecule has 0 amide bonds. The van der Waals surface area contributed by atoms with Gasteiger partial charge in [-0.15, -0.1) is 0 Å². The number of hydrogen-bond acceptors (Lipinski definition) is 1. The number of rotatable bonds is 2. The fourth-order valence-corrected chi connectivity index (χ4v) is 1.77. The van der Waals surface area contributed by atoms with Gasteiger partial charge in [-0.3, -0.25) is 0 Å². The molecule has 0 saturated carbocycles. The lowest BCUT2D eigenvalue weighted by atomic mass is 10.1. The maximum Gasteiger partial charge on any atom is 0.128 e. The van der Waals surface area contributed by atoms with E-state index in [0.717, 1.165) is 25.0 Å². The molecular formula is C11H13O. The normalized spacial score (nSPS) is 20.6. The topological polar surface area (TPSA) is 9.23 Å². The summed E-state index contributed by atoms with van der Waals surface area (Å²) in [6.45, 7) is 3.86. The van der Waals surface area contributed by atoms with Crippen molar-refractivity contribution in [3.63, 3.8) is 0 Å². The SMILES string of the molecule is [CH2]CCC1=C2OC=CC=C2CC1. The van der Waals surface area contributed by atoms with Gasteiger partial charge in [0.2, 0.25) is 0 Å². The van der Waals surface area contributed by atoms with Crippen LogP contribution in [0.1, 0.15) is 25.7 Å². The molecule has 0 aromatic rings. The summed E-state index contributed by atoms with van der Waals surface area (Å²) < 4.78 is 5.47. The van der Waals surface area contributed by atoms with Crippen LogP contribution in [0.5, 0.6) is 0 Å². The molecule has 1 heterocycles. The second-order valence-electron chi connectivity index (χ2n) is 3.17. The zero-order valence-electron chi connectivity index (χ0n) is 7.18.